The number of hydrazine groups is 1. The van der Waals surface area contributed by atoms with Crippen molar-refractivity contribution in [2.45, 2.75) is 57.4 Å². The van der Waals surface area contributed by atoms with E-state index in [0.717, 1.165) is 19.3 Å². The fraction of sp³-hybridized carbons (Fsp3) is 0.900. The van der Waals surface area contributed by atoms with Gasteiger partial charge in [0.05, 0.1) is 4.99 Å². The highest BCUT2D eigenvalue weighted by Gasteiger charge is 2.31. The maximum absolute atomic E-state index is 12.0. The number of hydrogen-bond acceptors (Lipinski definition) is 4. The van der Waals surface area contributed by atoms with Gasteiger partial charge in [-0.25, -0.2) is 13.4 Å². The number of rotatable bonds is 4. The SMILES string of the molecule is CC1CCCC(C)N1NS(=O)(=O)C(C)C(N)=S. The highest BCUT2D eigenvalue weighted by Crippen LogP contribution is 2.21. The second kappa shape index (κ2) is 5.60. The number of nitrogens with two attached hydrogens (primary N) is 1. The molecule has 0 saturated carbocycles. The molecule has 100 valence electrons. The molecule has 1 aliphatic heterocycles. The Morgan fingerprint density at radius 1 is 1.41 bits per heavy atom. The van der Waals surface area contributed by atoms with Crippen molar-refractivity contribution in [2.75, 3.05) is 0 Å². The van der Waals surface area contributed by atoms with E-state index in [9.17, 15) is 8.42 Å². The van der Waals surface area contributed by atoms with Gasteiger partial charge in [0.15, 0.2) is 0 Å². The predicted molar refractivity (Wildman–Crippen MR) is 72.9 cm³/mol. The zero-order valence-electron chi connectivity index (χ0n) is 10.5. The number of piperidine rings is 1. The Morgan fingerprint density at radius 3 is 2.29 bits per heavy atom. The molecule has 1 aliphatic rings. The third kappa shape index (κ3) is 3.61. The van der Waals surface area contributed by atoms with E-state index in [1.54, 1.807) is 5.01 Å². The summed E-state index contributed by atoms with van der Waals surface area (Å²) in [5.74, 6) is 0. The molecule has 3 N–H and O–H groups in total. The summed E-state index contributed by atoms with van der Waals surface area (Å²) in [5.41, 5.74) is 5.39. The summed E-state index contributed by atoms with van der Waals surface area (Å²) in [6.45, 7) is 5.54. The van der Waals surface area contributed by atoms with Gasteiger partial charge in [-0.15, -0.1) is 4.83 Å². The van der Waals surface area contributed by atoms with Crippen LogP contribution >= 0.6 is 12.2 Å². The first-order valence-electron chi connectivity index (χ1n) is 5.84. The second-order valence-electron chi connectivity index (χ2n) is 4.72. The minimum Gasteiger partial charge on any atom is -0.392 e. The molecule has 1 fully saturated rings. The zero-order valence-corrected chi connectivity index (χ0v) is 12.1. The summed E-state index contributed by atoms with van der Waals surface area (Å²) in [7, 11) is -3.52. The molecule has 0 aromatic heterocycles. The van der Waals surface area contributed by atoms with Crippen LogP contribution < -0.4 is 10.6 Å². The fourth-order valence-electron chi connectivity index (χ4n) is 1.98. The average molecular weight is 279 g/mol. The van der Waals surface area contributed by atoms with Crippen LogP contribution in [0, 0.1) is 0 Å². The minimum absolute atomic E-state index is 0.00480. The Bertz CT molecular complexity index is 373. The molecular formula is C10H21N3O2S2. The topological polar surface area (TPSA) is 75.4 Å². The molecule has 0 amide bonds. The molecule has 0 bridgehead atoms. The lowest BCUT2D eigenvalue weighted by molar-refractivity contribution is 0.0789. The van der Waals surface area contributed by atoms with Crippen LogP contribution in [0.25, 0.3) is 0 Å². The molecule has 1 heterocycles. The van der Waals surface area contributed by atoms with E-state index in [1.165, 1.54) is 6.92 Å². The van der Waals surface area contributed by atoms with Gasteiger partial charge in [0, 0.05) is 12.1 Å². The Kier molecular flexibility index (Phi) is 4.88. The Balaban J connectivity index is 2.78. The normalized spacial score (nSPS) is 28.9. The first-order valence-corrected chi connectivity index (χ1v) is 7.80. The maximum Gasteiger partial charge on any atom is 0.233 e. The number of nitrogens with one attached hydrogen (secondary N) is 1. The van der Waals surface area contributed by atoms with Crippen molar-refractivity contribution in [3.63, 3.8) is 0 Å². The Morgan fingerprint density at radius 2 is 1.88 bits per heavy atom. The molecule has 3 atom stereocenters. The molecule has 0 spiro atoms. The van der Waals surface area contributed by atoms with Gasteiger partial charge in [0.25, 0.3) is 0 Å². The van der Waals surface area contributed by atoms with E-state index in [2.05, 4.69) is 4.83 Å². The van der Waals surface area contributed by atoms with Gasteiger partial charge in [0.2, 0.25) is 10.0 Å². The zero-order chi connectivity index (χ0) is 13.2. The van der Waals surface area contributed by atoms with E-state index in [1.807, 2.05) is 13.8 Å². The third-order valence-electron chi connectivity index (χ3n) is 3.29. The average Bonchev–Trinajstić information content (AvgIpc) is 2.22. The second-order valence-corrected chi connectivity index (χ2v) is 7.17. The summed E-state index contributed by atoms with van der Waals surface area (Å²) >= 11 is 4.73. The molecule has 0 radical (unpaired) electrons. The van der Waals surface area contributed by atoms with E-state index < -0.39 is 15.3 Å². The van der Waals surface area contributed by atoms with Crippen LogP contribution in [0.15, 0.2) is 0 Å². The van der Waals surface area contributed by atoms with Crippen LogP contribution in [0.3, 0.4) is 0 Å². The molecule has 3 unspecified atom stereocenters. The van der Waals surface area contributed by atoms with Crippen molar-refractivity contribution in [1.82, 2.24) is 9.84 Å². The van der Waals surface area contributed by atoms with Gasteiger partial charge in [-0.2, -0.15) is 0 Å². The van der Waals surface area contributed by atoms with Gasteiger partial charge in [-0.3, -0.25) is 0 Å². The quantitative estimate of drug-likeness (QED) is 0.743. The van der Waals surface area contributed by atoms with Crippen molar-refractivity contribution in [3.05, 3.63) is 0 Å². The van der Waals surface area contributed by atoms with E-state index in [0.29, 0.717) is 0 Å². The lowest BCUT2D eigenvalue weighted by atomic mass is 10.0. The maximum atomic E-state index is 12.0. The fourth-order valence-corrected chi connectivity index (χ4v) is 3.48. The van der Waals surface area contributed by atoms with Gasteiger partial charge in [0.1, 0.15) is 5.25 Å². The van der Waals surface area contributed by atoms with Crippen LogP contribution in [-0.2, 0) is 10.0 Å². The summed E-state index contributed by atoms with van der Waals surface area (Å²) in [4.78, 5) is 2.61. The molecule has 0 aliphatic carbocycles. The molecule has 0 aromatic rings. The van der Waals surface area contributed by atoms with Crippen LogP contribution in [0.2, 0.25) is 0 Å². The molecule has 7 heteroatoms. The monoisotopic (exact) mass is 279 g/mol. The number of thiocarbonyl (C=S) groups is 1. The predicted octanol–water partition coefficient (Wildman–Crippen LogP) is 0.758. The molecule has 5 nitrogen and oxygen atoms in total. The van der Waals surface area contributed by atoms with Crippen molar-refractivity contribution in [1.29, 1.82) is 0 Å². The van der Waals surface area contributed by atoms with Crippen LogP contribution in [0.4, 0.5) is 0 Å². The smallest absolute Gasteiger partial charge is 0.233 e. The van der Waals surface area contributed by atoms with Crippen molar-refractivity contribution in [2.24, 2.45) is 5.73 Å². The van der Waals surface area contributed by atoms with E-state index in [-0.39, 0.29) is 17.1 Å². The van der Waals surface area contributed by atoms with Crippen LogP contribution in [0.1, 0.15) is 40.0 Å². The molecule has 1 rings (SSSR count). The number of hydrogen-bond donors (Lipinski definition) is 2. The van der Waals surface area contributed by atoms with Gasteiger partial charge >= 0.3 is 0 Å². The minimum atomic E-state index is -3.52. The van der Waals surface area contributed by atoms with Gasteiger partial charge < -0.3 is 5.73 Å². The van der Waals surface area contributed by atoms with Crippen molar-refractivity contribution < 1.29 is 8.42 Å². The highest BCUT2D eigenvalue weighted by molar-refractivity contribution is 7.92. The largest absolute Gasteiger partial charge is 0.392 e. The Hall–Kier alpha value is -0.240. The highest BCUT2D eigenvalue weighted by atomic mass is 32.2. The van der Waals surface area contributed by atoms with E-state index >= 15 is 0 Å². The molecule has 1 saturated heterocycles. The molecular weight excluding hydrogens is 258 g/mol. The van der Waals surface area contributed by atoms with Gasteiger partial charge in [-0.05, 0) is 33.6 Å². The van der Waals surface area contributed by atoms with Gasteiger partial charge in [-0.1, -0.05) is 18.6 Å². The lowest BCUT2D eigenvalue weighted by Crippen LogP contribution is -2.56. The standard InChI is InChI=1S/C10H21N3O2S2/c1-7-5-4-6-8(2)13(7)12-17(14,15)9(3)10(11)16/h7-9,12H,4-6H2,1-3H3,(H2,11,16). The van der Waals surface area contributed by atoms with Crippen LogP contribution in [0.5, 0.6) is 0 Å². The lowest BCUT2D eigenvalue weighted by Gasteiger charge is -2.38. The van der Waals surface area contributed by atoms with E-state index in [4.69, 9.17) is 18.0 Å². The van der Waals surface area contributed by atoms with Crippen molar-refractivity contribution in [3.8, 4) is 0 Å². The number of sulfonamides is 1. The first-order chi connectivity index (χ1) is 7.75. The summed E-state index contributed by atoms with van der Waals surface area (Å²) in [6.07, 6.45) is 3.12. The summed E-state index contributed by atoms with van der Waals surface area (Å²) in [5, 5.41) is 0.951. The van der Waals surface area contributed by atoms with Crippen LogP contribution in [-0.4, -0.2) is 35.7 Å². The molecule has 0 aromatic carbocycles. The Labute approximate surface area is 109 Å². The third-order valence-corrected chi connectivity index (χ3v) is 5.45. The number of nitrogens with zero attached hydrogens (tertiary/aromatic N) is 1. The molecule has 17 heavy (non-hydrogen) atoms. The first kappa shape index (κ1) is 14.8. The summed E-state index contributed by atoms with van der Waals surface area (Å²) in [6, 6.07) is 0.402. The van der Waals surface area contributed by atoms with Crippen molar-refractivity contribution >= 4 is 27.2 Å². The summed E-state index contributed by atoms with van der Waals surface area (Å²) < 4.78 is 24.0.